The number of carbonyl (C=O) groups is 2. The molecule has 0 radical (unpaired) electrons. The molecule has 6 heteroatoms. The van der Waals surface area contributed by atoms with Crippen LogP contribution in [0.15, 0.2) is 18.3 Å². The van der Waals surface area contributed by atoms with Gasteiger partial charge in [0.25, 0.3) is 5.91 Å². The molecule has 1 heterocycles. The molecule has 0 aromatic carbocycles. The molecular formula is C15H18N2O4. The molecule has 1 amide bonds. The standard InChI is InChI=1S/C15H18N2O4/c1-3-8-17(11-14(19)21-2)15(20)13-7-6-12(10-16-13)5-4-9-18/h6-7,10,18H,3,8-9,11H2,1-2H3. The van der Waals surface area contributed by atoms with Crippen LogP contribution >= 0.6 is 0 Å². The number of methoxy groups -OCH3 is 1. The molecule has 0 aliphatic carbocycles. The van der Waals surface area contributed by atoms with Crippen molar-refractivity contribution < 1.29 is 19.4 Å². The summed E-state index contributed by atoms with van der Waals surface area (Å²) in [5, 5.41) is 8.61. The van der Waals surface area contributed by atoms with E-state index in [9.17, 15) is 9.59 Å². The third kappa shape index (κ3) is 5.24. The molecule has 6 nitrogen and oxygen atoms in total. The molecule has 0 aliphatic rings. The average Bonchev–Trinajstić information content (AvgIpc) is 2.52. The fraction of sp³-hybridized carbons (Fsp3) is 0.400. The van der Waals surface area contributed by atoms with Gasteiger partial charge in [-0.3, -0.25) is 9.59 Å². The summed E-state index contributed by atoms with van der Waals surface area (Å²) in [5.74, 6) is 4.39. The molecule has 21 heavy (non-hydrogen) atoms. The Kier molecular flexibility index (Phi) is 6.92. The number of pyridine rings is 1. The number of carbonyl (C=O) groups excluding carboxylic acids is 2. The van der Waals surface area contributed by atoms with Gasteiger partial charge in [-0.05, 0) is 18.6 Å². The first kappa shape index (κ1) is 16.7. The van der Waals surface area contributed by atoms with Crippen LogP contribution in [0.25, 0.3) is 0 Å². The lowest BCUT2D eigenvalue weighted by Crippen LogP contribution is -2.37. The van der Waals surface area contributed by atoms with Crippen LogP contribution in [-0.2, 0) is 9.53 Å². The molecule has 0 bridgehead atoms. The molecule has 1 N–H and O–H groups in total. The molecule has 1 aromatic rings. The second-order valence-electron chi connectivity index (χ2n) is 4.19. The summed E-state index contributed by atoms with van der Waals surface area (Å²) < 4.78 is 4.58. The highest BCUT2D eigenvalue weighted by molar-refractivity contribution is 5.94. The molecule has 0 aliphatic heterocycles. The third-order valence-corrected chi connectivity index (χ3v) is 2.62. The molecule has 0 atom stereocenters. The Balaban J connectivity index is 2.85. The number of hydrogen-bond donors (Lipinski definition) is 1. The Morgan fingerprint density at radius 1 is 1.43 bits per heavy atom. The number of amides is 1. The second-order valence-corrected chi connectivity index (χ2v) is 4.19. The van der Waals surface area contributed by atoms with Gasteiger partial charge in [-0.2, -0.15) is 0 Å². The maximum absolute atomic E-state index is 12.3. The summed E-state index contributed by atoms with van der Waals surface area (Å²) in [7, 11) is 1.28. The van der Waals surface area contributed by atoms with Crippen molar-refractivity contribution in [2.75, 3.05) is 26.8 Å². The zero-order valence-corrected chi connectivity index (χ0v) is 12.1. The second kappa shape index (κ2) is 8.72. The van der Waals surface area contributed by atoms with Crippen LogP contribution in [0.3, 0.4) is 0 Å². The van der Waals surface area contributed by atoms with E-state index in [2.05, 4.69) is 21.6 Å². The van der Waals surface area contributed by atoms with E-state index in [0.29, 0.717) is 12.1 Å². The number of hydrogen-bond acceptors (Lipinski definition) is 5. The number of ether oxygens (including phenoxy) is 1. The lowest BCUT2D eigenvalue weighted by Gasteiger charge is -2.20. The van der Waals surface area contributed by atoms with E-state index in [1.165, 1.54) is 18.2 Å². The van der Waals surface area contributed by atoms with Crippen molar-refractivity contribution in [3.8, 4) is 11.8 Å². The average molecular weight is 290 g/mol. The quantitative estimate of drug-likeness (QED) is 0.629. The zero-order chi connectivity index (χ0) is 15.7. The van der Waals surface area contributed by atoms with Gasteiger partial charge in [-0.15, -0.1) is 0 Å². The van der Waals surface area contributed by atoms with Crippen LogP contribution in [0.1, 0.15) is 29.4 Å². The maximum atomic E-state index is 12.3. The number of aliphatic hydroxyl groups excluding tert-OH is 1. The molecule has 1 aromatic heterocycles. The van der Waals surface area contributed by atoms with E-state index >= 15 is 0 Å². The van der Waals surface area contributed by atoms with Gasteiger partial charge in [0.2, 0.25) is 0 Å². The van der Waals surface area contributed by atoms with Crippen molar-refractivity contribution in [1.82, 2.24) is 9.88 Å². The highest BCUT2D eigenvalue weighted by Gasteiger charge is 2.19. The summed E-state index contributed by atoms with van der Waals surface area (Å²) in [6, 6.07) is 3.19. The normalized spacial score (nSPS) is 9.48. The van der Waals surface area contributed by atoms with E-state index in [4.69, 9.17) is 5.11 Å². The van der Waals surface area contributed by atoms with Crippen LogP contribution in [0.2, 0.25) is 0 Å². The monoisotopic (exact) mass is 290 g/mol. The van der Waals surface area contributed by atoms with Gasteiger partial charge < -0.3 is 14.7 Å². The van der Waals surface area contributed by atoms with E-state index in [1.807, 2.05) is 6.92 Å². The summed E-state index contributed by atoms with van der Waals surface area (Å²) >= 11 is 0. The smallest absolute Gasteiger partial charge is 0.325 e. The van der Waals surface area contributed by atoms with Gasteiger partial charge in [0.15, 0.2) is 0 Å². The number of nitrogens with zero attached hydrogens (tertiary/aromatic N) is 2. The first-order chi connectivity index (χ1) is 10.1. The van der Waals surface area contributed by atoms with Gasteiger partial charge in [-0.1, -0.05) is 18.8 Å². The Labute approximate surface area is 123 Å². The SMILES string of the molecule is CCCN(CC(=O)OC)C(=O)c1ccc(C#CCO)cn1. The lowest BCUT2D eigenvalue weighted by atomic mass is 10.2. The van der Waals surface area contributed by atoms with Crippen molar-refractivity contribution >= 4 is 11.9 Å². The van der Waals surface area contributed by atoms with Gasteiger partial charge in [-0.25, -0.2) is 4.98 Å². The largest absolute Gasteiger partial charge is 0.468 e. The Bertz CT molecular complexity index is 543. The van der Waals surface area contributed by atoms with E-state index < -0.39 is 5.97 Å². The zero-order valence-electron chi connectivity index (χ0n) is 12.1. The fourth-order valence-corrected chi connectivity index (χ4v) is 1.64. The number of aromatic nitrogens is 1. The fourth-order valence-electron chi connectivity index (χ4n) is 1.64. The molecule has 0 saturated carbocycles. The number of rotatable bonds is 5. The Morgan fingerprint density at radius 3 is 2.71 bits per heavy atom. The van der Waals surface area contributed by atoms with E-state index in [-0.39, 0.29) is 24.8 Å². The first-order valence-corrected chi connectivity index (χ1v) is 6.54. The van der Waals surface area contributed by atoms with Crippen molar-refractivity contribution in [2.45, 2.75) is 13.3 Å². The van der Waals surface area contributed by atoms with Crippen LogP contribution < -0.4 is 0 Å². The van der Waals surface area contributed by atoms with Crippen molar-refractivity contribution in [2.24, 2.45) is 0 Å². The van der Waals surface area contributed by atoms with Gasteiger partial charge in [0, 0.05) is 18.3 Å². The summed E-state index contributed by atoms with van der Waals surface area (Å²) in [6.45, 7) is 2.03. The molecule has 0 saturated heterocycles. The summed E-state index contributed by atoms with van der Waals surface area (Å²) in [5.41, 5.74) is 0.845. The minimum Gasteiger partial charge on any atom is -0.468 e. The molecule has 0 spiro atoms. The first-order valence-electron chi connectivity index (χ1n) is 6.54. The minimum absolute atomic E-state index is 0.100. The summed E-state index contributed by atoms with van der Waals surface area (Å²) in [4.78, 5) is 29.1. The van der Waals surface area contributed by atoms with E-state index in [1.54, 1.807) is 12.1 Å². The van der Waals surface area contributed by atoms with Crippen LogP contribution in [0, 0.1) is 11.8 Å². The molecule has 0 unspecified atom stereocenters. The van der Waals surface area contributed by atoms with Crippen molar-refractivity contribution in [1.29, 1.82) is 0 Å². The van der Waals surface area contributed by atoms with Gasteiger partial charge in [0.05, 0.1) is 7.11 Å². The van der Waals surface area contributed by atoms with Gasteiger partial charge >= 0.3 is 5.97 Å². The molecular weight excluding hydrogens is 272 g/mol. The topological polar surface area (TPSA) is 79.7 Å². The Hall–Kier alpha value is -2.39. The van der Waals surface area contributed by atoms with Crippen molar-refractivity contribution in [3.05, 3.63) is 29.6 Å². The number of aliphatic hydroxyl groups is 1. The summed E-state index contributed by atoms with van der Waals surface area (Å²) in [6.07, 6.45) is 2.18. The Morgan fingerprint density at radius 2 is 2.19 bits per heavy atom. The maximum Gasteiger partial charge on any atom is 0.325 e. The lowest BCUT2D eigenvalue weighted by molar-refractivity contribution is -0.141. The highest BCUT2D eigenvalue weighted by Crippen LogP contribution is 2.05. The molecule has 112 valence electrons. The predicted molar refractivity (Wildman–Crippen MR) is 76.4 cm³/mol. The van der Waals surface area contributed by atoms with Crippen LogP contribution in [0.5, 0.6) is 0 Å². The number of esters is 1. The van der Waals surface area contributed by atoms with E-state index in [0.717, 1.165) is 6.42 Å². The van der Waals surface area contributed by atoms with Gasteiger partial charge in [0.1, 0.15) is 18.8 Å². The van der Waals surface area contributed by atoms with Crippen molar-refractivity contribution in [3.63, 3.8) is 0 Å². The highest BCUT2D eigenvalue weighted by atomic mass is 16.5. The molecule has 1 rings (SSSR count). The van der Waals surface area contributed by atoms with Crippen LogP contribution in [-0.4, -0.2) is 53.7 Å². The molecule has 0 fully saturated rings. The third-order valence-electron chi connectivity index (χ3n) is 2.62. The predicted octanol–water partition coefficient (Wildman–Crippen LogP) is 0.451. The van der Waals surface area contributed by atoms with Crippen LogP contribution in [0.4, 0.5) is 0 Å². The minimum atomic E-state index is -0.470.